The van der Waals surface area contributed by atoms with E-state index in [9.17, 15) is 19.5 Å². The average Bonchev–Trinajstić information content (AvgIpc) is 2.90. The van der Waals surface area contributed by atoms with Crippen LogP contribution in [0.15, 0.2) is 58.4 Å². The standard InChI is InChI=1S/C17H18N2O4/c1-8-6-12(16(18)22)14(20)10(8)4-3-5-11-9(2)7-13(15(11)21)17(19)23/h3-7,10,13,20H,1-2H3,(H2,18,22)(H2,19,23). The lowest BCUT2D eigenvalue weighted by Crippen LogP contribution is -2.26. The van der Waals surface area contributed by atoms with Gasteiger partial charge in [-0.1, -0.05) is 29.9 Å². The van der Waals surface area contributed by atoms with Gasteiger partial charge in [-0.05, 0) is 25.5 Å². The summed E-state index contributed by atoms with van der Waals surface area (Å²) in [7, 11) is 0. The summed E-state index contributed by atoms with van der Waals surface area (Å²) in [4.78, 5) is 34.5. The van der Waals surface area contributed by atoms with Crippen LogP contribution in [0, 0.1) is 11.8 Å². The lowest BCUT2D eigenvalue weighted by Gasteiger charge is -2.07. The molecule has 0 saturated heterocycles. The van der Waals surface area contributed by atoms with Crippen molar-refractivity contribution in [2.24, 2.45) is 23.3 Å². The Morgan fingerprint density at radius 2 is 1.91 bits per heavy atom. The minimum Gasteiger partial charge on any atom is -0.511 e. The molecule has 23 heavy (non-hydrogen) atoms. The largest absolute Gasteiger partial charge is 0.511 e. The maximum Gasteiger partial charge on any atom is 0.252 e. The molecule has 2 aliphatic rings. The van der Waals surface area contributed by atoms with Gasteiger partial charge in [0.2, 0.25) is 5.91 Å². The highest BCUT2D eigenvalue weighted by molar-refractivity contribution is 6.16. The van der Waals surface area contributed by atoms with Gasteiger partial charge in [-0.2, -0.15) is 0 Å². The fraction of sp³-hybridized carbons (Fsp3) is 0.235. The van der Waals surface area contributed by atoms with E-state index in [4.69, 9.17) is 11.5 Å². The van der Waals surface area contributed by atoms with Gasteiger partial charge in [-0.3, -0.25) is 14.4 Å². The number of rotatable bonds is 4. The smallest absolute Gasteiger partial charge is 0.252 e. The Labute approximate surface area is 133 Å². The van der Waals surface area contributed by atoms with E-state index in [2.05, 4.69) is 0 Å². The Morgan fingerprint density at radius 1 is 1.26 bits per heavy atom. The van der Waals surface area contributed by atoms with E-state index in [1.807, 2.05) is 0 Å². The van der Waals surface area contributed by atoms with E-state index in [0.717, 1.165) is 5.57 Å². The van der Waals surface area contributed by atoms with E-state index in [-0.39, 0.29) is 17.1 Å². The quantitative estimate of drug-likeness (QED) is 0.528. The minimum absolute atomic E-state index is 0.0895. The van der Waals surface area contributed by atoms with Crippen LogP contribution in [0.4, 0.5) is 0 Å². The number of nitrogens with two attached hydrogens (primary N) is 2. The van der Waals surface area contributed by atoms with Crippen LogP contribution < -0.4 is 11.5 Å². The van der Waals surface area contributed by atoms with Crippen molar-refractivity contribution in [1.29, 1.82) is 0 Å². The molecule has 0 aliphatic heterocycles. The second-order valence-electron chi connectivity index (χ2n) is 5.59. The Bertz CT molecular complexity index is 751. The molecule has 0 aromatic carbocycles. The van der Waals surface area contributed by atoms with Crippen molar-refractivity contribution >= 4 is 17.6 Å². The highest BCUT2D eigenvalue weighted by atomic mass is 16.3. The van der Waals surface area contributed by atoms with Crippen LogP contribution in [0.1, 0.15) is 13.8 Å². The molecular formula is C17H18N2O4. The number of Topliss-reactive ketones (excluding diaryl/α,β-unsaturated/α-hetero) is 1. The van der Waals surface area contributed by atoms with Crippen molar-refractivity contribution in [3.63, 3.8) is 0 Å². The molecule has 0 spiro atoms. The summed E-state index contributed by atoms with van der Waals surface area (Å²) in [6, 6.07) is 0. The molecule has 6 nitrogen and oxygen atoms in total. The molecule has 0 heterocycles. The first-order valence-corrected chi connectivity index (χ1v) is 7.06. The molecule has 120 valence electrons. The van der Waals surface area contributed by atoms with E-state index >= 15 is 0 Å². The lowest BCUT2D eigenvalue weighted by atomic mass is 10.0. The van der Waals surface area contributed by atoms with Crippen molar-refractivity contribution in [1.82, 2.24) is 0 Å². The van der Waals surface area contributed by atoms with Crippen LogP contribution in [-0.2, 0) is 14.4 Å². The van der Waals surface area contributed by atoms with E-state index in [1.165, 1.54) is 12.2 Å². The highest BCUT2D eigenvalue weighted by Gasteiger charge is 2.31. The maximum absolute atomic E-state index is 12.1. The number of allylic oxidation sites excluding steroid dienone is 5. The number of carbonyl (C=O) groups excluding carboxylic acids is 3. The van der Waals surface area contributed by atoms with E-state index < -0.39 is 23.7 Å². The third kappa shape index (κ3) is 3.01. The third-order valence-electron chi connectivity index (χ3n) is 3.96. The van der Waals surface area contributed by atoms with Crippen LogP contribution >= 0.6 is 0 Å². The number of amides is 2. The monoisotopic (exact) mass is 314 g/mol. The fourth-order valence-corrected chi connectivity index (χ4v) is 2.68. The van der Waals surface area contributed by atoms with E-state index in [1.54, 1.807) is 32.1 Å². The molecule has 2 aliphatic carbocycles. The zero-order valence-corrected chi connectivity index (χ0v) is 12.9. The molecule has 0 saturated carbocycles. The number of hydrogen-bond acceptors (Lipinski definition) is 4. The molecule has 0 bridgehead atoms. The maximum atomic E-state index is 12.1. The van der Waals surface area contributed by atoms with Gasteiger partial charge in [0.1, 0.15) is 11.7 Å². The molecular weight excluding hydrogens is 296 g/mol. The number of aliphatic hydroxyl groups excluding tert-OH is 1. The van der Waals surface area contributed by atoms with Crippen molar-refractivity contribution in [2.75, 3.05) is 0 Å². The average molecular weight is 314 g/mol. The SMILES string of the molecule is CC1=CC(C(N)=O)C(=O)C1=CC=CC1C(C)=CC(C(N)=O)=C1O. The van der Waals surface area contributed by atoms with Crippen molar-refractivity contribution in [3.05, 3.63) is 58.4 Å². The van der Waals surface area contributed by atoms with Gasteiger partial charge in [-0.15, -0.1) is 0 Å². The van der Waals surface area contributed by atoms with Gasteiger partial charge in [0.15, 0.2) is 5.78 Å². The Kier molecular flexibility index (Phi) is 4.36. The second kappa shape index (κ2) is 6.08. The predicted octanol–water partition coefficient (Wildman–Crippen LogP) is 0.973. The Morgan fingerprint density at radius 3 is 2.39 bits per heavy atom. The summed E-state index contributed by atoms with van der Waals surface area (Å²) in [6.45, 7) is 3.49. The minimum atomic E-state index is -0.919. The van der Waals surface area contributed by atoms with Gasteiger partial charge in [0.05, 0.1) is 11.5 Å². The van der Waals surface area contributed by atoms with Crippen LogP contribution in [0.25, 0.3) is 0 Å². The van der Waals surface area contributed by atoms with Crippen molar-refractivity contribution in [3.8, 4) is 0 Å². The van der Waals surface area contributed by atoms with Crippen LogP contribution in [0.2, 0.25) is 0 Å². The summed E-state index contributed by atoms with van der Waals surface area (Å²) in [6.07, 6.45) is 7.90. The van der Waals surface area contributed by atoms with Crippen molar-refractivity contribution in [2.45, 2.75) is 13.8 Å². The summed E-state index contributed by atoms with van der Waals surface area (Å²) >= 11 is 0. The first-order chi connectivity index (χ1) is 10.7. The molecule has 0 aromatic rings. The lowest BCUT2D eigenvalue weighted by molar-refractivity contribution is -0.127. The number of hydrogen-bond donors (Lipinski definition) is 3. The number of carbonyl (C=O) groups is 3. The van der Waals surface area contributed by atoms with E-state index in [0.29, 0.717) is 11.1 Å². The number of primary amides is 2. The summed E-state index contributed by atoms with van der Waals surface area (Å²) in [5.41, 5.74) is 12.3. The fourth-order valence-electron chi connectivity index (χ4n) is 2.68. The van der Waals surface area contributed by atoms with Gasteiger partial charge in [0.25, 0.3) is 5.91 Å². The van der Waals surface area contributed by atoms with Crippen LogP contribution in [-0.4, -0.2) is 22.7 Å². The summed E-state index contributed by atoms with van der Waals surface area (Å²) in [5, 5.41) is 10.0. The van der Waals surface area contributed by atoms with Gasteiger partial charge in [-0.25, -0.2) is 0 Å². The normalized spacial score (nSPS) is 26.2. The van der Waals surface area contributed by atoms with Gasteiger partial charge in [0, 0.05) is 5.57 Å². The third-order valence-corrected chi connectivity index (χ3v) is 3.96. The van der Waals surface area contributed by atoms with Gasteiger partial charge >= 0.3 is 0 Å². The molecule has 0 fully saturated rings. The summed E-state index contributed by atoms with van der Waals surface area (Å²) in [5.74, 6) is -3.19. The summed E-state index contributed by atoms with van der Waals surface area (Å²) < 4.78 is 0. The predicted molar refractivity (Wildman–Crippen MR) is 84.8 cm³/mol. The first-order valence-electron chi connectivity index (χ1n) is 7.06. The number of ketones is 1. The zero-order chi connectivity index (χ0) is 17.3. The molecule has 0 aromatic heterocycles. The van der Waals surface area contributed by atoms with Gasteiger partial charge < -0.3 is 16.6 Å². The molecule has 2 atom stereocenters. The molecule has 0 radical (unpaired) electrons. The topological polar surface area (TPSA) is 123 Å². The Hall–Kier alpha value is -2.89. The number of aliphatic hydroxyl groups is 1. The van der Waals surface area contributed by atoms with Crippen LogP contribution in [0.3, 0.4) is 0 Å². The molecule has 2 rings (SSSR count). The molecule has 2 amide bonds. The first kappa shape index (κ1) is 16.5. The molecule has 2 unspecified atom stereocenters. The van der Waals surface area contributed by atoms with Crippen LogP contribution in [0.5, 0.6) is 0 Å². The molecule has 5 N–H and O–H groups in total. The van der Waals surface area contributed by atoms with Crippen molar-refractivity contribution < 1.29 is 19.5 Å². The zero-order valence-electron chi connectivity index (χ0n) is 12.9. The molecule has 6 heteroatoms. The highest BCUT2D eigenvalue weighted by Crippen LogP contribution is 2.31. The second-order valence-corrected chi connectivity index (χ2v) is 5.59. The Balaban J connectivity index is 2.21.